The molecule has 0 amide bonds. The lowest BCUT2D eigenvalue weighted by molar-refractivity contribution is 0.142. The molecule has 4 heteroatoms. The molecule has 0 radical (unpaired) electrons. The maximum atomic E-state index is 5.40. The van der Waals surface area contributed by atoms with Gasteiger partial charge in [-0.2, -0.15) is 0 Å². The van der Waals surface area contributed by atoms with E-state index in [1.807, 2.05) is 13.8 Å². The normalized spacial score (nSPS) is 10.8. The summed E-state index contributed by atoms with van der Waals surface area (Å²) in [4.78, 5) is 4.59. The molecule has 0 aliphatic carbocycles. The zero-order valence-electron chi connectivity index (χ0n) is 13.2. The summed E-state index contributed by atoms with van der Waals surface area (Å²) >= 11 is 0. The molecule has 0 unspecified atom stereocenters. The Kier molecular flexibility index (Phi) is 5.81. The topological polar surface area (TPSA) is 39.1 Å². The molecule has 0 saturated heterocycles. The highest BCUT2D eigenvalue weighted by molar-refractivity contribution is 5.59. The van der Waals surface area contributed by atoms with Crippen LogP contribution in [0.25, 0.3) is 0 Å². The highest BCUT2D eigenvalue weighted by Crippen LogP contribution is 2.21. The molecule has 0 spiro atoms. The number of para-hydroxylation sites is 1. The molecule has 1 aromatic carbocycles. The van der Waals surface area contributed by atoms with Crippen molar-refractivity contribution < 1.29 is 4.74 Å². The first-order chi connectivity index (χ1) is 10.2. The van der Waals surface area contributed by atoms with E-state index in [1.165, 1.54) is 5.56 Å². The van der Waals surface area contributed by atoms with Crippen molar-refractivity contribution in [1.82, 2.24) is 9.55 Å². The second kappa shape index (κ2) is 7.84. The third-order valence-electron chi connectivity index (χ3n) is 3.43. The van der Waals surface area contributed by atoms with Gasteiger partial charge < -0.3 is 14.6 Å². The van der Waals surface area contributed by atoms with Crippen molar-refractivity contribution >= 4 is 11.6 Å². The predicted molar refractivity (Wildman–Crippen MR) is 87.2 cm³/mol. The Morgan fingerprint density at radius 2 is 2.05 bits per heavy atom. The number of hydrogen-bond acceptors (Lipinski definition) is 3. The summed E-state index contributed by atoms with van der Waals surface area (Å²) in [6, 6.07) is 8.38. The van der Waals surface area contributed by atoms with Gasteiger partial charge >= 0.3 is 0 Å². The molecule has 1 N–H and O–H groups in total. The standard InChI is InChI=1S/C17H25N3O/c1-4-15-9-6-7-10-16(15)19-17-18-14(3)13-20(17)11-8-12-21-5-2/h6-7,9-10,13H,4-5,8,11-12H2,1-3H3,(H,18,19). The van der Waals surface area contributed by atoms with E-state index in [4.69, 9.17) is 4.74 Å². The fourth-order valence-electron chi connectivity index (χ4n) is 2.37. The number of aryl methyl sites for hydroxylation is 3. The average Bonchev–Trinajstić information content (AvgIpc) is 2.84. The van der Waals surface area contributed by atoms with Crippen LogP contribution in [-0.2, 0) is 17.7 Å². The summed E-state index contributed by atoms with van der Waals surface area (Å²) in [5.41, 5.74) is 3.47. The Morgan fingerprint density at radius 1 is 1.24 bits per heavy atom. The summed E-state index contributed by atoms with van der Waals surface area (Å²) in [5, 5.41) is 3.46. The van der Waals surface area contributed by atoms with Gasteiger partial charge in [-0.3, -0.25) is 0 Å². The summed E-state index contributed by atoms with van der Waals surface area (Å²) < 4.78 is 7.57. The van der Waals surface area contributed by atoms with E-state index in [9.17, 15) is 0 Å². The number of nitrogens with one attached hydrogen (secondary N) is 1. The molecule has 21 heavy (non-hydrogen) atoms. The van der Waals surface area contributed by atoms with Gasteiger partial charge in [-0.25, -0.2) is 4.98 Å². The first kappa shape index (κ1) is 15.6. The SMILES string of the molecule is CCOCCCn1cc(C)nc1Nc1ccccc1CC. The van der Waals surface area contributed by atoms with Gasteiger partial charge in [0, 0.05) is 31.6 Å². The largest absolute Gasteiger partial charge is 0.382 e. The Balaban J connectivity index is 2.08. The molecule has 114 valence electrons. The van der Waals surface area contributed by atoms with Crippen molar-refractivity contribution in [1.29, 1.82) is 0 Å². The van der Waals surface area contributed by atoms with E-state index in [0.717, 1.165) is 49.9 Å². The molecule has 0 atom stereocenters. The lowest BCUT2D eigenvalue weighted by atomic mass is 10.1. The molecular formula is C17H25N3O. The summed E-state index contributed by atoms with van der Waals surface area (Å²) in [6.45, 7) is 8.69. The minimum atomic E-state index is 0.776. The highest BCUT2D eigenvalue weighted by Gasteiger charge is 2.07. The second-order valence-electron chi connectivity index (χ2n) is 5.09. The molecule has 2 aromatic rings. The number of anilines is 2. The van der Waals surface area contributed by atoms with E-state index >= 15 is 0 Å². The summed E-state index contributed by atoms with van der Waals surface area (Å²) in [7, 11) is 0. The van der Waals surface area contributed by atoms with Crippen LogP contribution < -0.4 is 5.32 Å². The first-order valence-electron chi connectivity index (χ1n) is 7.71. The van der Waals surface area contributed by atoms with Crippen molar-refractivity contribution in [2.45, 2.75) is 40.2 Å². The lowest BCUT2D eigenvalue weighted by Crippen LogP contribution is -2.06. The molecular weight excluding hydrogens is 262 g/mol. The summed E-state index contributed by atoms with van der Waals surface area (Å²) in [6.07, 6.45) is 4.09. The Morgan fingerprint density at radius 3 is 2.81 bits per heavy atom. The van der Waals surface area contributed by atoms with Crippen molar-refractivity contribution in [3.05, 3.63) is 41.7 Å². The first-order valence-corrected chi connectivity index (χ1v) is 7.71. The van der Waals surface area contributed by atoms with Crippen molar-refractivity contribution in [3.8, 4) is 0 Å². The smallest absolute Gasteiger partial charge is 0.207 e. The fourth-order valence-corrected chi connectivity index (χ4v) is 2.37. The monoisotopic (exact) mass is 287 g/mol. The van der Waals surface area contributed by atoms with Crippen molar-refractivity contribution in [2.75, 3.05) is 18.5 Å². The molecule has 0 bridgehead atoms. The van der Waals surface area contributed by atoms with Crippen LogP contribution in [0.4, 0.5) is 11.6 Å². The molecule has 0 aliphatic rings. The lowest BCUT2D eigenvalue weighted by Gasteiger charge is -2.12. The van der Waals surface area contributed by atoms with Gasteiger partial charge in [0.2, 0.25) is 5.95 Å². The van der Waals surface area contributed by atoms with Gasteiger partial charge in [0.25, 0.3) is 0 Å². The van der Waals surface area contributed by atoms with Crippen LogP contribution in [0.1, 0.15) is 31.5 Å². The van der Waals surface area contributed by atoms with Gasteiger partial charge in [0.15, 0.2) is 0 Å². The van der Waals surface area contributed by atoms with E-state index < -0.39 is 0 Å². The quantitative estimate of drug-likeness (QED) is 0.748. The molecule has 1 heterocycles. The molecule has 1 aromatic heterocycles. The molecule has 2 rings (SSSR count). The van der Waals surface area contributed by atoms with Crippen LogP contribution in [0, 0.1) is 6.92 Å². The van der Waals surface area contributed by atoms with Gasteiger partial charge in [-0.1, -0.05) is 25.1 Å². The van der Waals surface area contributed by atoms with Gasteiger partial charge in [0.1, 0.15) is 0 Å². The number of hydrogen-bond donors (Lipinski definition) is 1. The molecule has 4 nitrogen and oxygen atoms in total. The number of ether oxygens (including phenoxy) is 1. The van der Waals surface area contributed by atoms with E-state index in [-0.39, 0.29) is 0 Å². The van der Waals surface area contributed by atoms with E-state index in [2.05, 4.69) is 52.3 Å². The second-order valence-corrected chi connectivity index (χ2v) is 5.09. The highest BCUT2D eigenvalue weighted by atomic mass is 16.5. The van der Waals surface area contributed by atoms with Crippen LogP contribution in [0.2, 0.25) is 0 Å². The van der Waals surface area contributed by atoms with Crippen LogP contribution in [0.15, 0.2) is 30.5 Å². The third kappa shape index (κ3) is 4.33. The van der Waals surface area contributed by atoms with Gasteiger partial charge in [-0.15, -0.1) is 0 Å². The number of aromatic nitrogens is 2. The van der Waals surface area contributed by atoms with Gasteiger partial charge in [-0.05, 0) is 38.3 Å². The zero-order valence-corrected chi connectivity index (χ0v) is 13.2. The fraction of sp³-hybridized carbons (Fsp3) is 0.471. The third-order valence-corrected chi connectivity index (χ3v) is 3.43. The van der Waals surface area contributed by atoms with Crippen molar-refractivity contribution in [3.63, 3.8) is 0 Å². The average molecular weight is 287 g/mol. The van der Waals surface area contributed by atoms with Crippen LogP contribution in [-0.4, -0.2) is 22.8 Å². The predicted octanol–water partition coefficient (Wildman–Crippen LogP) is 3.92. The Bertz CT molecular complexity index is 563. The Hall–Kier alpha value is -1.81. The minimum Gasteiger partial charge on any atom is -0.382 e. The number of nitrogens with zero attached hydrogens (tertiary/aromatic N) is 2. The number of rotatable bonds is 8. The number of benzene rings is 1. The summed E-state index contributed by atoms with van der Waals surface area (Å²) in [5.74, 6) is 0.907. The van der Waals surface area contributed by atoms with Crippen LogP contribution in [0.5, 0.6) is 0 Å². The van der Waals surface area contributed by atoms with Crippen LogP contribution >= 0.6 is 0 Å². The maximum absolute atomic E-state index is 5.40. The molecule has 0 saturated carbocycles. The zero-order chi connectivity index (χ0) is 15.1. The van der Waals surface area contributed by atoms with Crippen molar-refractivity contribution in [2.24, 2.45) is 0 Å². The molecule has 0 aliphatic heterocycles. The molecule has 0 fully saturated rings. The Labute approximate surface area is 127 Å². The van der Waals surface area contributed by atoms with E-state index in [1.54, 1.807) is 0 Å². The van der Waals surface area contributed by atoms with E-state index in [0.29, 0.717) is 0 Å². The maximum Gasteiger partial charge on any atom is 0.207 e. The van der Waals surface area contributed by atoms with Gasteiger partial charge in [0.05, 0.1) is 5.69 Å². The minimum absolute atomic E-state index is 0.776. The number of imidazole rings is 1. The van der Waals surface area contributed by atoms with Crippen LogP contribution in [0.3, 0.4) is 0 Å².